The zero-order chi connectivity index (χ0) is 19.6. The molecule has 1 unspecified atom stereocenters. The van der Waals surface area contributed by atoms with E-state index >= 15 is 0 Å². The van der Waals surface area contributed by atoms with Crippen LogP contribution in [0.1, 0.15) is 58.1 Å². The van der Waals surface area contributed by atoms with Crippen LogP contribution in [-0.2, 0) is 11.3 Å². The smallest absolute Gasteiger partial charge is 0.223 e. The second-order valence-electron chi connectivity index (χ2n) is 7.98. The predicted octanol–water partition coefficient (Wildman–Crippen LogP) is 3.45. The number of hydrogen-bond donors (Lipinski definition) is 2. The lowest BCUT2D eigenvalue weighted by molar-refractivity contribution is -0.139. The number of piperazine rings is 1. The van der Waals surface area contributed by atoms with Gasteiger partial charge in [0.25, 0.3) is 0 Å². The van der Waals surface area contributed by atoms with Gasteiger partial charge < -0.3 is 15.3 Å². The minimum atomic E-state index is -0.592. The van der Waals surface area contributed by atoms with Crippen LogP contribution in [0.4, 0.5) is 5.69 Å². The van der Waals surface area contributed by atoms with Crippen LogP contribution in [-0.4, -0.2) is 52.2 Å². The molecule has 0 bridgehead atoms. The molecule has 3 rings (SSSR count). The van der Waals surface area contributed by atoms with Crippen molar-refractivity contribution < 1.29 is 9.90 Å². The van der Waals surface area contributed by atoms with Gasteiger partial charge >= 0.3 is 0 Å². The van der Waals surface area contributed by atoms with Crippen LogP contribution in [0.25, 0.3) is 6.08 Å². The average Bonchev–Trinajstić information content (AvgIpc) is 2.60. The molecular weight excluding hydrogens is 338 g/mol. The quantitative estimate of drug-likeness (QED) is 0.832. The van der Waals surface area contributed by atoms with Crippen LogP contribution in [0.15, 0.2) is 23.8 Å². The van der Waals surface area contributed by atoms with Gasteiger partial charge in [0.2, 0.25) is 5.91 Å². The highest BCUT2D eigenvalue weighted by atomic mass is 16.3. The number of aliphatic hydroxyl groups is 1. The first-order valence-electron chi connectivity index (χ1n) is 10.2. The molecule has 1 amide bonds. The summed E-state index contributed by atoms with van der Waals surface area (Å²) in [6.45, 7) is 11.1. The van der Waals surface area contributed by atoms with Crippen LogP contribution in [0.5, 0.6) is 0 Å². The Hall–Kier alpha value is -1.85. The molecule has 0 aromatic heterocycles. The maximum Gasteiger partial charge on any atom is 0.223 e. The maximum atomic E-state index is 12.4. The third-order valence-corrected chi connectivity index (χ3v) is 5.66. The van der Waals surface area contributed by atoms with E-state index in [4.69, 9.17) is 0 Å². The van der Waals surface area contributed by atoms with Crippen molar-refractivity contribution in [2.75, 3.05) is 18.4 Å². The van der Waals surface area contributed by atoms with E-state index in [1.165, 1.54) is 5.56 Å². The van der Waals surface area contributed by atoms with E-state index in [9.17, 15) is 9.90 Å². The van der Waals surface area contributed by atoms with Crippen LogP contribution in [0, 0.1) is 0 Å². The number of benzene rings is 1. The number of carbonyl (C=O) groups excluding carboxylic acids is 1. The zero-order valence-corrected chi connectivity index (χ0v) is 17.0. The number of carbonyl (C=O) groups is 1. The van der Waals surface area contributed by atoms with E-state index in [0.29, 0.717) is 6.42 Å². The first kappa shape index (κ1) is 19.9. The lowest BCUT2D eigenvalue weighted by atomic mass is 9.99. The molecule has 2 aliphatic rings. The van der Waals surface area contributed by atoms with E-state index in [1.54, 1.807) is 0 Å². The standard InChI is InChI=1S/C22H33N3O2/c1-5-7-21(26)25-15(3)12-24(13-16(25)4)14-17-8-9-19-11-18(6-2)22(27)23-20(19)10-17/h8-11,15-16,22-23,27H,5-7,12-14H2,1-4H3/t15-,16-,22?/m1/s1. The van der Waals surface area contributed by atoms with E-state index in [2.05, 4.69) is 67.1 Å². The summed E-state index contributed by atoms with van der Waals surface area (Å²) in [7, 11) is 0. The molecule has 1 aromatic rings. The van der Waals surface area contributed by atoms with Crippen molar-refractivity contribution in [2.45, 2.75) is 71.8 Å². The number of hydrogen-bond acceptors (Lipinski definition) is 4. The molecule has 0 spiro atoms. The Morgan fingerprint density at radius 3 is 2.56 bits per heavy atom. The fourth-order valence-electron chi connectivity index (χ4n) is 4.42. The normalized spacial score (nSPS) is 25.6. The van der Waals surface area contributed by atoms with Gasteiger partial charge in [-0.25, -0.2) is 0 Å². The number of aliphatic hydroxyl groups excluding tert-OH is 1. The minimum Gasteiger partial charge on any atom is -0.370 e. The molecule has 3 atom stereocenters. The largest absolute Gasteiger partial charge is 0.370 e. The van der Waals surface area contributed by atoms with Crippen LogP contribution in [0.3, 0.4) is 0 Å². The van der Waals surface area contributed by atoms with E-state index in [-0.39, 0.29) is 18.0 Å². The Labute approximate surface area is 163 Å². The van der Waals surface area contributed by atoms with Crippen molar-refractivity contribution in [3.63, 3.8) is 0 Å². The molecule has 1 aromatic carbocycles. The molecule has 0 saturated carbocycles. The minimum absolute atomic E-state index is 0.237. The fourth-order valence-corrected chi connectivity index (χ4v) is 4.42. The number of anilines is 1. The van der Waals surface area contributed by atoms with Crippen LogP contribution >= 0.6 is 0 Å². The summed E-state index contributed by atoms with van der Waals surface area (Å²) in [6.07, 6.45) is 3.88. The molecule has 5 heteroatoms. The maximum absolute atomic E-state index is 12.4. The summed E-state index contributed by atoms with van der Waals surface area (Å²) in [6, 6.07) is 6.92. The number of amides is 1. The van der Waals surface area contributed by atoms with E-state index < -0.39 is 6.23 Å². The molecule has 1 fully saturated rings. The van der Waals surface area contributed by atoms with Gasteiger partial charge in [-0.2, -0.15) is 0 Å². The monoisotopic (exact) mass is 371 g/mol. The Morgan fingerprint density at radius 2 is 1.93 bits per heavy atom. The lowest BCUT2D eigenvalue weighted by Crippen LogP contribution is -2.58. The number of rotatable bonds is 5. The molecule has 27 heavy (non-hydrogen) atoms. The van der Waals surface area contributed by atoms with Gasteiger partial charge in [0.05, 0.1) is 0 Å². The molecule has 148 valence electrons. The summed E-state index contributed by atoms with van der Waals surface area (Å²) < 4.78 is 0. The van der Waals surface area contributed by atoms with Gasteiger partial charge in [0.15, 0.2) is 0 Å². The highest BCUT2D eigenvalue weighted by molar-refractivity contribution is 5.77. The Balaban J connectivity index is 1.68. The first-order valence-corrected chi connectivity index (χ1v) is 10.2. The van der Waals surface area contributed by atoms with Crippen LogP contribution in [0.2, 0.25) is 0 Å². The van der Waals surface area contributed by atoms with Gasteiger partial charge in [0.1, 0.15) is 6.23 Å². The zero-order valence-electron chi connectivity index (χ0n) is 17.0. The molecule has 0 aliphatic carbocycles. The summed E-state index contributed by atoms with van der Waals surface area (Å²) >= 11 is 0. The molecule has 5 nitrogen and oxygen atoms in total. The molecule has 2 aliphatic heterocycles. The Kier molecular flexibility index (Phi) is 6.22. The third kappa shape index (κ3) is 4.36. The first-order chi connectivity index (χ1) is 12.9. The average molecular weight is 372 g/mol. The van der Waals surface area contributed by atoms with E-state index in [0.717, 1.165) is 49.3 Å². The molecular formula is C22H33N3O2. The molecule has 0 radical (unpaired) electrons. The second-order valence-corrected chi connectivity index (χ2v) is 7.98. The van der Waals surface area contributed by atoms with E-state index in [1.807, 2.05) is 0 Å². The predicted molar refractivity (Wildman–Crippen MR) is 110 cm³/mol. The SMILES string of the molecule is CCCC(=O)N1[C@H](C)CN(Cc2ccc3c(c2)NC(O)C(CC)=C3)C[C@H]1C. The summed E-state index contributed by atoms with van der Waals surface area (Å²) in [5, 5.41) is 13.4. The van der Waals surface area contributed by atoms with Gasteiger partial charge in [-0.1, -0.05) is 26.0 Å². The van der Waals surface area contributed by atoms with Crippen LogP contribution < -0.4 is 5.32 Å². The number of nitrogens with zero attached hydrogens (tertiary/aromatic N) is 2. The fraction of sp³-hybridized carbons (Fsp3) is 0.591. The van der Waals surface area contributed by atoms with Crippen molar-refractivity contribution in [1.82, 2.24) is 9.80 Å². The van der Waals surface area contributed by atoms with Crippen molar-refractivity contribution in [3.8, 4) is 0 Å². The lowest BCUT2D eigenvalue weighted by Gasteiger charge is -2.44. The van der Waals surface area contributed by atoms with Crippen molar-refractivity contribution in [3.05, 3.63) is 34.9 Å². The van der Waals surface area contributed by atoms with Gasteiger partial charge in [-0.3, -0.25) is 9.69 Å². The summed E-state index contributed by atoms with van der Waals surface area (Å²) in [5.74, 6) is 0.280. The second kappa shape index (κ2) is 8.44. The number of fused-ring (bicyclic) bond motifs is 1. The van der Waals surface area contributed by atoms with Crippen molar-refractivity contribution in [2.24, 2.45) is 0 Å². The number of nitrogens with one attached hydrogen (secondary N) is 1. The highest BCUT2D eigenvalue weighted by Crippen LogP contribution is 2.29. The van der Waals surface area contributed by atoms with Gasteiger partial charge in [0, 0.05) is 43.8 Å². The molecule has 1 saturated heterocycles. The van der Waals surface area contributed by atoms with Gasteiger partial charge in [-0.15, -0.1) is 0 Å². The molecule has 2 heterocycles. The van der Waals surface area contributed by atoms with Gasteiger partial charge in [-0.05, 0) is 55.5 Å². The molecule has 2 N–H and O–H groups in total. The topological polar surface area (TPSA) is 55.8 Å². The van der Waals surface area contributed by atoms with Crippen molar-refractivity contribution in [1.29, 1.82) is 0 Å². The Morgan fingerprint density at radius 1 is 1.22 bits per heavy atom. The third-order valence-electron chi connectivity index (χ3n) is 5.66. The highest BCUT2D eigenvalue weighted by Gasteiger charge is 2.32. The summed E-state index contributed by atoms with van der Waals surface area (Å²) in [5.41, 5.74) is 4.38. The summed E-state index contributed by atoms with van der Waals surface area (Å²) in [4.78, 5) is 16.9. The Bertz CT molecular complexity index is 704. The van der Waals surface area contributed by atoms with Crippen molar-refractivity contribution >= 4 is 17.7 Å².